The maximum absolute atomic E-state index is 12.7. The van der Waals surface area contributed by atoms with Crippen LogP contribution >= 0.6 is 0 Å². The topological polar surface area (TPSA) is 99.0 Å². The minimum absolute atomic E-state index is 0.113. The largest absolute Gasteiger partial charge is 0.494 e. The number of ether oxygens (including phenoxy) is 2. The molecule has 0 N–H and O–H groups in total. The maximum atomic E-state index is 12.7. The Bertz CT molecular complexity index is 743. The summed E-state index contributed by atoms with van der Waals surface area (Å²) in [4.78, 5) is 36.7. The molecule has 4 atom stereocenters. The zero-order valence-electron chi connectivity index (χ0n) is 12.0. The van der Waals surface area contributed by atoms with Crippen molar-refractivity contribution < 1.29 is 24.0 Å². The molecule has 0 unspecified atom stereocenters. The average Bonchev–Trinajstić information content (AvgIpc) is 3.21. The molecule has 2 amide bonds. The van der Waals surface area contributed by atoms with E-state index in [0.717, 1.165) is 4.90 Å². The van der Waals surface area contributed by atoms with Crippen molar-refractivity contribution in [3.63, 3.8) is 0 Å². The Balaban J connectivity index is 1.76. The number of hydrogen-bond acceptors (Lipinski definition) is 6. The predicted molar refractivity (Wildman–Crippen MR) is 76.9 cm³/mol. The number of carbonyl (C=O) groups excluding carboxylic acids is 2. The van der Waals surface area contributed by atoms with Gasteiger partial charge in [0, 0.05) is 6.07 Å². The number of imide groups is 1. The van der Waals surface area contributed by atoms with Crippen LogP contribution in [0, 0.1) is 22.0 Å². The van der Waals surface area contributed by atoms with Crippen molar-refractivity contribution in [1.29, 1.82) is 0 Å². The van der Waals surface area contributed by atoms with Crippen molar-refractivity contribution in [2.75, 3.05) is 12.0 Å². The van der Waals surface area contributed by atoms with Gasteiger partial charge in [-0.25, -0.2) is 4.90 Å². The van der Waals surface area contributed by atoms with Crippen molar-refractivity contribution in [3.8, 4) is 5.75 Å². The normalized spacial score (nSPS) is 30.9. The number of benzene rings is 1. The second-order valence-corrected chi connectivity index (χ2v) is 5.63. The SMILES string of the molecule is COc1cc([N+](=O)[O-])ccc1N1C(=O)[C@H]2[C@H](C1=O)[C@H]1C=C[C@H]2O1. The Kier molecular flexibility index (Phi) is 2.79. The van der Waals surface area contributed by atoms with E-state index in [1.165, 1.54) is 25.3 Å². The number of non-ortho nitro benzene ring substituents is 1. The summed E-state index contributed by atoms with van der Waals surface area (Å²) in [5, 5.41) is 10.9. The second-order valence-electron chi connectivity index (χ2n) is 5.63. The van der Waals surface area contributed by atoms with Crippen molar-refractivity contribution in [1.82, 2.24) is 0 Å². The smallest absolute Gasteiger partial charge is 0.273 e. The summed E-state index contributed by atoms with van der Waals surface area (Å²) in [5.74, 6) is -1.66. The van der Waals surface area contributed by atoms with E-state index in [2.05, 4.69) is 0 Å². The van der Waals surface area contributed by atoms with Crippen LogP contribution in [0.2, 0.25) is 0 Å². The first-order chi connectivity index (χ1) is 11.0. The minimum Gasteiger partial charge on any atom is -0.494 e. The highest BCUT2D eigenvalue weighted by Gasteiger charge is 2.61. The number of rotatable bonds is 3. The lowest BCUT2D eigenvalue weighted by Crippen LogP contribution is -2.34. The molecule has 3 aliphatic heterocycles. The van der Waals surface area contributed by atoms with Gasteiger partial charge in [-0.1, -0.05) is 12.2 Å². The van der Waals surface area contributed by atoms with Crippen molar-refractivity contribution in [2.45, 2.75) is 12.2 Å². The molecule has 3 aliphatic rings. The van der Waals surface area contributed by atoms with Gasteiger partial charge in [-0.2, -0.15) is 0 Å². The predicted octanol–water partition coefficient (Wildman–Crippen LogP) is 1.05. The highest BCUT2D eigenvalue weighted by atomic mass is 16.6. The molecule has 23 heavy (non-hydrogen) atoms. The third-order valence-electron chi connectivity index (χ3n) is 4.53. The number of methoxy groups -OCH3 is 1. The summed E-state index contributed by atoms with van der Waals surface area (Å²) >= 11 is 0. The van der Waals surface area contributed by atoms with Crippen molar-refractivity contribution in [3.05, 3.63) is 40.5 Å². The summed E-state index contributed by atoms with van der Waals surface area (Å²) in [7, 11) is 1.34. The Labute approximate surface area is 130 Å². The highest BCUT2D eigenvalue weighted by molar-refractivity contribution is 6.23. The van der Waals surface area contributed by atoms with Gasteiger partial charge in [0.1, 0.15) is 5.75 Å². The van der Waals surface area contributed by atoms with E-state index in [9.17, 15) is 19.7 Å². The fourth-order valence-electron chi connectivity index (χ4n) is 3.51. The highest BCUT2D eigenvalue weighted by Crippen LogP contribution is 2.47. The third kappa shape index (κ3) is 1.75. The lowest BCUT2D eigenvalue weighted by atomic mass is 9.85. The maximum Gasteiger partial charge on any atom is 0.273 e. The molecule has 2 fully saturated rings. The molecule has 8 heteroatoms. The van der Waals surface area contributed by atoms with E-state index < -0.39 is 16.8 Å². The summed E-state index contributed by atoms with van der Waals surface area (Å²) < 4.78 is 10.7. The van der Waals surface area contributed by atoms with Crippen LogP contribution in [0.4, 0.5) is 11.4 Å². The molecule has 8 nitrogen and oxygen atoms in total. The monoisotopic (exact) mass is 316 g/mol. The molecule has 0 spiro atoms. The van der Waals surface area contributed by atoms with Gasteiger partial charge in [0.25, 0.3) is 5.69 Å². The van der Waals surface area contributed by atoms with E-state index in [-0.39, 0.29) is 41.1 Å². The molecule has 2 saturated heterocycles. The standard InChI is InChI=1S/C15H12N2O6/c1-22-11-6-7(17(20)21)2-3-8(11)16-14(18)12-9-4-5-10(23-9)13(12)15(16)19/h2-6,9-10,12-13H,1H3/t9-,10-,12-,13-/m1/s1. The van der Waals surface area contributed by atoms with E-state index in [1.54, 1.807) is 12.2 Å². The molecule has 0 radical (unpaired) electrons. The van der Waals surface area contributed by atoms with Gasteiger partial charge in [0.15, 0.2) is 0 Å². The summed E-state index contributed by atoms with van der Waals surface area (Å²) in [6.45, 7) is 0. The van der Waals surface area contributed by atoms with Crippen LogP contribution in [0.15, 0.2) is 30.4 Å². The number of anilines is 1. The van der Waals surface area contributed by atoms with Gasteiger partial charge in [0.05, 0.1) is 47.8 Å². The van der Waals surface area contributed by atoms with Crippen LogP contribution in [0.25, 0.3) is 0 Å². The first-order valence-corrected chi connectivity index (χ1v) is 7.07. The Hall–Kier alpha value is -2.74. The fourth-order valence-corrected chi connectivity index (χ4v) is 3.51. The van der Waals surface area contributed by atoms with Crippen LogP contribution in [-0.2, 0) is 14.3 Å². The minimum atomic E-state index is -0.563. The van der Waals surface area contributed by atoms with Crippen LogP contribution < -0.4 is 9.64 Å². The van der Waals surface area contributed by atoms with Crippen LogP contribution in [-0.4, -0.2) is 36.1 Å². The fraction of sp³-hybridized carbons (Fsp3) is 0.333. The van der Waals surface area contributed by atoms with Crippen molar-refractivity contribution in [2.24, 2.45) is 11.8 Å². The third-order valence-corrected chi connectivity index (χ3v) is 4.53. The molecule has 0 aromatic heterocycles. The number of nitrogens with zero attached hydrogens (tertiary/aromatic N) is 2. The second kappa shape index (κ2) is 4.63. The zero-order chi connectivity index (χ0) is 16.3. The van der Waals surface area contributed by atoms with Crippen LogP contribution in [0.5, 0.6) is 5.75 Å². The molecule has 1 aromatic rings. The summed E-state index contributed by atoms with van der Waals surface area (Å²) in [6.07, 6.45) is 2.84. The zero-order valence-corrected chi connectivity index (χ0v) is 12.0. The lowest BCUT2D eigenvalue weighted by molar-refractivity contribution is -0.384. The number of amides is 2. The Morgan fingerprint density at radius 2 is 1.78 bits per heavy atom. The molecule has 0 saturated carbocycles. The van der Waals surface area contributed by atoms with Gasteiger partial charge < -0.3 is 9.47 Å². The number of nitro groups is 1. The molecular formula is C15H12N2O6. The van der Waals surface area contributed by atoms with Gasteiger partial charge >= 0.3 is 0 Å². The van der Waals surface area contributed by atoms with E-state index in [1.807, 2.05) is 0 Å². The Morgan fingerprint density at radius 3 is 2.30 bits per heavy atom. The van der Waals surface area contributed by atoms with E-state index >= 15 is 0 Å². The summed E-state index contributed by atoms with van der Waals surface area (Å²) in [6, 6.07) is 3.81. The molecule has 0 aliphatic carbocycles. The molecule has 1 aromatic carbocycles. The quantitative estimate of drug-likeness (QED) is 0.358. The first-order valence-electron chi connectivity index (χ1n) is 7.07. The van der Waals surface area contributed by atoms with Crippen LogP contribution in [0.1, 0.15) is 0 Å². The first kappa shape index (κ1) is 13.9. The van der Waals surface area contributed by atoms with Gasteiger partial charge in [-0.15, -0.1) is 0 Å². The molecule has 4 rings (SSSR count). The Morgan fingerprint density at radius 1 is 1.17 bits per heavy atom. The molecule has 118 valence electrons. The van der Waals surface area contributed by atoms with E-state index in [4.69, 9.17) is 9.47 Å². The molecule has 3 heterocycles. The number of fused-ring (bicyclic) bond motifs is 5. The number of carbonyl (C=O) groups is 2. The van der Waals surface area contributed by atoms with Gasteiger partial charge in [0.2, 0.25) is 11.8 Å². The summed E-state index contributed by atoms with van der Waals surface area (Å²) in [5.41, 5.74) is 0.0526. The molecule has 2 bridgehead atoms. The van der Waals surface area contributed by atoms with E-state index in [0.29, 0.717) is 0 Å². The van der Waals surface area contributed by atoms with Gasteiger partial charge in [-0.3, -0.25) is 19.7 Å². The number of nitro benzene ring substituents is 1. The number of hydrogen-bond donors (Lipinski definition) is 0. The van der Waals surface area contributed by atoms with Gasteiger partial charge in [-0.05, 0) is 6.07 Å². The van der Waals surface area contributed by atoms with Crippen LogP contribution in [0.3, 0.4) is 0 Å². The average molecular weight is 316 g/mol. The molecular weight excluding hydrogens is 304 g/mol. The van der Waals surface area contributed by atoms with Crippen molar-refractivity contribution >= 4 is 23.2 Å². The lowest BCUT2D eigenvalue weighted by Gasteiger charge is -2.19.